The average molecular weight is 560 g/mol. The van der Waals surface area contributed by atoms with Crippen LogP contribution < -0.4 is 16.0 Å². The van der Waals surface area contributed by atoms with Crippen LogP contribution in [-0.2, 0) is 17.6 Å². The molecule has 3 atom stereocenters. The molecule has 2 fully saturated rings. The number of fused-ring (bicyclic) bond motifs is 4. The Morgan fingerprint density at radius 2 is 1.88 bits per heavy atom. The smallest absolute Gasteiger partial charge is 0.410 e. The number of carbonyl (C=O) groups is 2. The number of ether oxygens (including phenoxy) is 1. The number of thiophene rings is 1. The number of carbonyl (C=O) groups excluding carboxylic acids is 2. The number of pyridine rings is 1. The van der Waals surface area contributed by atoms with Crippen LogP contribution in [0.25, 0.3) is 16.3 Å². The second-order valence-corrected chi connectivity index (χ2v) is 13.2. The number of benzene rings is 1. The molecule has 3 aliphatic rings. The molecule has 0 radical (unpaired) electrons. The summed E-state index contributed by atoms with van der Waals surface area (Å²) in [5.41, 5.74) is 10.9. The van der Waals surface area contributed by atoms with E-state index < -0.39 is 5.60 Å². The van der Waals surface area contributed by atoms with Crippen molar-refractivity contribution in [2.24, 2.45) is 0 Å². The Bertz CT molecular complexity index is 1480. The lowest BCUT2D eigenvalue weighted by molar-refractivity contribution is 0.0123. The van der Waals surface area contributed by atoms with E-state index in [4.69, 9.17) is 10.5 Å². The molecule has 4 heterocycles. The van der Waals surface area contributed by atoms with E-state index in [-0.39, 0.29) is 30.1 Å². The summed E-state index contributed by atoms with van der Waals surface area (Å²) < 4.78 is 5.70. The SMILES string of the molecule is C=Cc1ccc2c(N)c(C(=O)N[C@H]3CCc4cc(N5C[C@H]6CC[C@@H](C5)N6C(=O)OC(C)(C)C)ccc4C3)sc2n1. The van der Waals surface area contributed by atoms with E-state index in [0.29, 0.717) is 10.6 Å². The number of amides is 2. The molecule has 2 aliphatic heterocycles. The third-order valence-electron chi connectivity index (χ3n) is 8.24. The summed E-state index contributed by atoms with van der Waals surface area (Å²) >= 11 is 1.33. The number of nitrogens with two attached hydrogens (primary N) is 1. The van der Waals surface area contributed by atoms with E-state index in [0.717, 1.165) is 61.1 Å². The molecule has 2 saturated heterocycles. The summed E-state index contributed by atoms with van der Waals surface area (Å²) in [5, 5.41) is 4.03. The molecular formula is C31H37N5O3S. The van der Waals surface area contributed by atoms with Crippen LogP contribution in [0.5, 0.6) is 0 Å². The average Bonchev–Trinajstić information content (AvgIpc) is 3.39. The van der Waals surface area contributed by atoms with Crippen LogP contribution in [0, 0.1) is 0 Å². The topological polar surface area (TPSA) is 101 Å². The Labute approximate surface area is 239 Å². The number of nitrogens with one attached hydrogen (secondary N) is 1. The van der Waals surface area contributed by atoms with Gasteiger partial charge >= 0.3 is 6.09 Å². The molecule has 2 bridgehead atoms. The van der Waals surface area contributed by atoms with Crippen LogP contribution in [0.1, 0.15) is 66.5 Å². The lowest BCUT2D eigenvalue weighted by Crippen LogP contribution is -2.56. The molecule has 2 amide bonds. The van der Waals surface area contributed by atoms with Gasteiger partial charge in [-0.3, -0.25) is 9.69 Å². The predicted molar refractivity (Wildman–Crippen MR) is 161 cm³/mol. The first-order valence-electron chi connectivity index (χ1n) is 14.1. The van der Waals surface area contributed by atoms with Gasteiger partial charge in [0.25, 0.3) is 5.91 Å². The van der Waals surface area contributed by atoms with Gasteiger partial charge in [0.1, 0.15) is 15.3 Å². The van der Waals surface area contributed by atoms with E-state index in [1.54, 1.807) is 6.08 Å². The molecule has 3 N–H and O–H groups in total. The first-order valence-corrected chi connectivity index (χ1v) is 14.9. The molecule has 6 rings (SSSR count). The zero-order chi connectivity index (χ0) is 28.2. The molecule has 0 spiro atoms. The largest absolute Gasteiger partial charge is 0.444 e. The summed E-state index contributed by atoms with van der Waals surface area (Å²) in [6.07, 6.45) is 6.12. The Morgan fingerprint density at radius 3 is 2.58 bits per heavy atom. The van der Waals surface area contributed by atoms with Crippen molar-refractivity contribution in [3.8, 4) is 0 Å². The quantitative estimate of drug-likeness (QED) is 0.444. The molecule has 40 heavy (non-hydrogen) atoms. The number of nitrogen functional groups attached to an aromatic ring is 1. The van der Waals surface area contributed by atoms with Crippen molar-refractivity contribution in [1.29, 1.82) is 0 Å². The van der Waals surface area contributed by atoms with Crippen LogP contribution in [-0.4, -0.2) is 58.7 Å². The lowest BCUT2D eigenvalue weighted by Gasteiger charge is -2.42. The number of anilines is 2. The highest BCUT2D eigenvalue weighted by atomic mass is 32.1. The lowest BCUT2D eigenvalue weighted by atomic mass is 9.87. The number of hydrogen-bond donors (Lipinski definition) is 2. The molecule has 1 aliphatic carbocycles. The number of rotatable bonds is 4. The van der Waals surface area contributed by atoms with Crippen molar-refractivity contribution >= 4 is 51.0 Å². The Kier molecular flexibility index (Phi) is 6.73. The highest BCUT2D eigenvalue weighted by Gasteiger charge is 2.44. The minimum absolute atomic E-state index is 0.0559. The van der Waals surface area contributed by atoms with Crippen LogP contribution in [0.15, 0.2) is 36.9 Å². The molecule has 2 aromatic heterocycles. The number of hydrogen-bond acceptors (Lipinski definition) is 7. The van der Waals surface area contributed by atoms with Gasteiger partial charge in [0, 0.05) is 30.2 Å². The minimum Gasteiger partial charge on any atom is -0.444 e. The normalized spacial score (nSPS) is 22.2. The summed E-state index contributed by atoms with van der Waals surface area (Å²) in [6.45, 7) is 11.2. The van der Waals surface area contributed by atoms with E-state index in [1.807, 2.05) is 37.8 Å². The summed E-state index contributed by atoms with van der Waals surface area (Å²) in [5.74, 6) is -0.135. The minimum atomic E-state index is -0.485. The maximum atomic E-state index is 13.2. The van der Waals surface area contributed by atoms with Crippen LogP contribution in [0.4, 0.5) is 16.2 Å². The van der Waals surface area contributed by atoms with E-state index in [2.05, 4.69) is 40.0 Å². The molecule has 9 heteroatoms. The summed E-state index contributed by atoms with van der Waals surface area (Å²) in [6, 6.07) is 10.9. The highest BCUT2D eigenvalue weighted by Crippen LogP contribution is 2.36. The van der Waals surface area contributed by atoms with Gasteiger partial charge in [-0.15, -0.1) is 11.3 Å². The van der Waals surface area contributed by atoms with Crippen molar-refractivity contribution in [2.45, 2.75) is 76.6 Å². The van der Waals surface area contributed by atoms with Gasteiger partial charge in [-0.1, -0.05) is 12.6 Å². The van der Waals surface area contributed by atoms with Crippen LogP contribution in [0.3, 0.4) is 0 Å². The number of aromatic nitrogens is 1. The Morgan fingerprint density at radius 1 is 1.12 bits per heavy atom. The van der Waals surface area contributed by atoms with Gasteiger partial charge in [0.2, 0.25) is 0 Å². The Balaban J connectivity index is 1.11. The zero-order valence-corrected chi connectivity index (χ0v) is 24.2. The van der Waals surface area contributed by atoms with Crippen LogP contribution in [0.2, 0.25) is 0 Å². The molecule has 0 saturated carbocycles. The molecule has 1 aromatic carbocycles. The highest BCUT2D eigenvalue weighted by molar-refractivity contribution is 7.21. The van der Waals surface area contributed by atoms with Gasteiger partial charge in [-0.2, -0.15) is 0 Å². The molecule has 3 aromatic rings. The van der Waals surface area contributed by atoms with Gasteiger partial charge in [0.15, 0.2) is 0 Å². The van der Waals surface area contributed by atoms with E-state index in [1.165, 1.54) is 28.2 Å². The van der Waals surface area contributed by atoms with Crippen molar-refractivity contribution in [3.63, 3.8) is 0 Å². The van der Waals surface area contributed by atoms with Crippen molar-refractivity contribution in [3.05, 3.63) is 58.6 Å². The third kappa shape index (κ3) is 5.03. The van der Waals surface area contributed by atoms with Crippen molar-refractivity contribution in [1.82, 2.24) is 15.2 Å². The summed E-state index contributed by atoms with van der Waals surface area (Å²) in [4.78, 5) is 36.2. The standard InChI is InChI=1S/C31H37N5O3S/c1-5-20-9-13-25-26(32)27(40-29(25)34-20)28(37)33-21-8-6-19-15-22(10-7-18(19)14-21)35-16-23-11-12-24(17-35)36(23)30(38)39-31(2,3)4/h5,7,9-10,13,15,21,23-24H,1,6,8,11-12,14,16-17,32H2,2-4H3,(H,33,37)/t21-,23-,24+/m0/s1. The first kappa shape index (κ1) is 26.6. The van der Waals surface area contributed by atoms with E-state index in [9.17, 15) is 9.59 Å². The predicted octanol–water partition coefficient (Wildman–Crippen LogP) is 5.40. The maximum Gasteiger partial charge on any atom is 0.410 e. The second kappa shape index (κ2) is 10.1. The number of nitrogens with zero attached hydrogens (tertiary/aromatic N) is 3. The fraction of sp³-hybridized carbons (Fsp3) is 0.452. The number of piperazine rings is 1. The monoisotopic (exact) mass is 559 g/mol. The van der Waals surface area contributed by atoms with Gasteiger partial charge in [-0.25, -0.2) is 9.78 Å². The maximum absolute atomic E-state index is 13.2. The Hall–Kier alpha value is -3.59. The molecule has 8 nitrogen and oxygen atoms in total. The first-order chi connectivity index (χ1) is 19.1. The second-order valence-electron chi connectivity index (χ2n) is 12.2. The third-order valence-corrected chi connectivity index (χ3v) is 9.35. The van der Waals surface area contributed by atoms with Crippen LogP contribution >= 0.6 is 11.3 Å². The molecule has 0 unspecified atom stereocenters. The van der Waals surface area contributed by atoms with Crippen molar-refractivity contribution < 1.29 is 14.3 Å². The molecular weight excluding hydrogens is 522 g/mol. The molecule has 210 valence electrons. The fourth-order valence-electron chi connectivity index (χ4n) is 6.33. The zero-order valence-electron chi connectivity index (χ0n) is 23.4. The number of aryl methyl sites for hydroxylation is 1. The van der Waals surface area contributed by atoms with Gasteiger partial charge < -0.3 is 20.7 Å². The van der Waals surface area contributed by atoms with Gasteiger partial charge in [0.05, 0.1) is 23.5 Å². The summed E-state index contributed by atoms with van der Waals surface area (Å²) in [7, 11) is 0. The fourth-order valence-corrected chi connectivity index (χ4v) is 7.34. The van der Waals surface area contributed by atoms with Gasteiger partial charge in [-0.05, 0) is 94.3 Å². The van der Waals surface area contributed by atoms with Crippen molar-refractivity contribution in [2.75, 3.05) is 23.7 Å². The van der Waals surface area contributed by atoms with E-state index >= 15 is 0 Å².